The Balaban J connectivity index is 2.28. The number of nitrogens with two attached hydrogens (primary N) is 1. The first-order chi connectivity index (χ1) is 9.51. The van der Waals surface area contributed by atoms with E-state index in [1.165, 1.54) is 27.8 Å². The Morgan fingerprint density at radius 2 is 1.80 bits per heavy atom. The number of nitrogens with one attached hydrogen (secondary N) is 1. The third kappa shape index (κ3) is 3.48. The van der Waals surface area contributed by atoms with E-state index in [4.69, 9.17) is 5.84 Å². The molecule has 2 aromatic carbocycles. The van der Waals surface area contributed by atoms with E-state index in [9.17, 15) is 0 Å². The van der Waals surface area contributed by atoms with Crippen molar-refractivity contribution in [1.29, 1.82) is 0 Å². The zero-order valence-corrected chi connectivity index (χ0v) is 13.8. The van der Waals surface area contributed by atoms with Crippen LogP contribution in [0.1, 0.15) is 33.9 Å². The first kappa shape index (κ1) is 15.2. The summed E-state index contributed by atoms with van der Waals surface area (Å²) in [5.41, 5.74) is 9.32. The predicted molar refractivity (Wildman–Crippen MR) is 88.6 cm³/mol. The second-order valence-electron chi connectivity index (χ2n) is 5.37. The molecule has 2 nitrogen and oxygen atoms in total. The SMILES string of the molecule is Cc1ccc(Br)c(C(Cc2ccc(C)c(C)c2)NN)c1. The average Bonchev–Trinajstić information content (AvgIpc) is 2.43. The highest BCUT2D eigenvalue weighted by Gasteiger charge is 2.14. The molecule has 0 aromatic heterocycles. The molecule has 2 aromatic rings. The molecule has 3 N–H and O–H groups in total. The van der Waals surface area contributed by atoms with E-state index in [2.05, 4.69) is 78.5 Å². The molecular weight excluding hydrogens is 312 g/mol. The molecule has 2 rings (SSSR count). The van der Waals surface area contributed by atoms with Crippen LogP contribution in [0.15, 0.2) is 40.9 Å². The molecule has 0 amide bonds. The van der Waals surface area contributed by atoms with Crippen LogP contribution in [0.4, 0.5) is 0 Å². The maximum absolute atomic E-state index is 5.77. The minimum absolute atomic E-state index is 0.103. The van der Waals surface area contributed by atoms with Gasteiger partial charge in [0, 0.05) is 4.47 Å². The predicted octanol–water partition coefficient (Wildman–Crippen LogP) is 4.12. The van der Waals surface area contributed by atoms with Gasteiger partial charge in [-0.15, -0.1) is 0 Å². The molecule has 0 bridgehead atoms. The molecule has 0 heterocycles. The number of halogens is 1. The van der Waals surface area contributed by atoms with Gasteiger partial charge in [-0.25, -0.2) is 0 Å². The molecule has 0 spiro atoms. The number of benzene rings is 2. The molecule has 0 saturated carbocycles. The summed E-state index contributed by atoms with van der Waals surface area (Å²) in [6, 6.07) is 13.0. The summed E-state index contributed by atoms with van der Waals surface area (Å²) in [7, 11) is 0. The van der Waals surface area contributed by atoms with Gasteiger partial charge in [-0.3, -0.25) is 11.3 Å². The highest BCUT2D eigenvalue weighted by atomic mass is 79.9. The fraction of sp³-hybridized carbons (Fsp3) is 0.294. The molecule has 3 heteroatoms. The van der Waals surface area contributed by atoms with Crippen molar-refractivity contribution in [3.8, 4) is 0 Å². The lowest BCUT2D eigenvalue weighted by Gasteiger charge is -2.19. The van der Waals surface area contributed by atoms with Gasteiger partial charge in [0.25, 0.3) is 0 Å². The van der Waals surface area contributed by atoms with Crippen LogP contribution in [0.3, 0.4) is 0 Å². The van der Waals surface area contributed by atoms with Crippen LogP contribution < -0.4 is 11.3 Å². The van der Waals surface area contributed by atoms with E-state index in [1.54, 1.807) is 0 Å². The van der Waals surface area contributed by atoms with E-state index in [0.717, 1.165) is 10.9 Å². The Labute approximate surface area is 129 Å². The Bertz CT molecular complexity index is 608. The van der Waals surface area contributed by atoms with Crippen LogP contribution in [0.2, 0.25) is 0 Å². The van der Waals surface area contributed by atoms with Gasteiger partial charge in [0.15, 0.2) is 0 Å². The summed E-state index contributed by atoms with van der Waals surface area (Å²) in [4.78, 5) is 0. The number of hydrogen-bond donors (Lipinski definition) is 2. The van der Waals surface area contributed by atoms with Crippen molar-refractivity contribution in [2.75, 3.05) is 0 Å². The van der Waals surface area contributed by atoms with Gasteiger partial charge in [0.1, 0.15) is 0 Å². The summed E-state index contributed by atoms with van der Waals surface area (Å²) in [6.45, 7) is 6.38. The van der Waals surface area contributed by atoms with Crippen LogP contribution in [0, 0.1) is 20.8 Å². The quantitative estimate of drug-likeness (QED) is 0.652. The summed E-state index contributed by atoms with van der Waals surface area (Å²) >= 11 is 3.62. The Kier molecular flexibility index (Phi) is 4.97. The summed E-state index contributed by atoms with van der Waals surface area (Å²) in [5.74, 6) is 5.77. The molecular formula is C17H21BrN2. The number of hydrogen-bond acceptors (Lipinski definition) is 2. The highest BCUT2D eigenvalue weighted by molar-refractivity contribution is 9.10. The molecule has 0 aliphatic rings. The molecule has 106 valence electrons. The van der Waals surface area contributed by atoms with Gasteiger partial charge in [-0.05, 0) is 55.5 Å². The topological polar surface area (TPSA) is 38.0 Å². The Morgan fingerprint density at radius 1 is 1.05 bits per heavy atom. The Hall–Kier alpha value is -1.16. The van der Waals surface area contributed by atoms with Gasteiger partial charge in [-0.2, -0.15) is 0 Å². The van der Waals surface area contributed by atoms with Crippen LogP contribution in [0.25, 0.3) is 0 Å². The molecule has 0 fully saturated rings. The first-order valence-electron chi connectivity index (χ1n) is 6.79. The van der Waals surface area contributed by atoms with Crippen molar-refractivity contribution in [3.05, 3.63) is 68.7 Å². The summed E-state index contributed by atoms with van der Waals surface area (Å²) in [6.07, 6.45) is 0.875. The van der Waals surface area contributed by atoms with Crippen molar-refractivity contribution in [1.82, 2.24) is 5.43 Å². The summed E-state index contributed by atoms with van der Waals surface area (Å²) < 4.78 is 1.09. The molecule has 0 saturated heterocycles. The van der Waals surface area contributed by atoms with Crippen molar-refractivity contribution in [2.45, 2.75) is 33.2 Å². The second kappa shape index (κ2) is 6.53. The third-order valence-electron chi connectivity index (χ3n) is 3.74. The van der Waals surface area contributed by atoms with Gasteiger partial charge in [-0.1, -0.05) is 51.8 Å². The maximum atomic E-state index is 5.77. The highest BCUT2D eigenvalue weighted by Crippen LogP contribution is 2.27. The molecule has 0 aliphatic heterocycles. The lowest BCUT2D eigenvalue weighted by molar-refractivity contribution is 0.549. The minimum atomic E-state index is 0.103. The monoisotopic (exact) mass is 332 g/mol. The van der Waals surface area contributed by atoms with E-state index in [-0.39, 0.29) is 6.04 Å². The van der Waals surface area contributed by atoms with Gasteiger partial charge < -0.3 is 0 Å². The number of hydrazine groups is 1. The summed E-state index contributed by atoms with van der Waals surface area (Å²) in [5, 5.41) is 0. The van der Waals surface area contributed by atoms with Crippen LogP contribution in [0.5, 0.6) is 0 Å². The zero-order valence-electron chi connectivity index (χ0n) is 12.2. The van der Waals surface area contributed by atoms with Crippen LogP contribution >= 0.6 is 15.9 Å². The van der Waals surface area contributed by atoms with Gasteiger partial charge in [0.2, 0.25) is 0 Å². The second-order valence-corrected chi connectivity index (χ2v) is 6.22. The van der Waals surface area contributed by atoms with E-state index in [0.29, 0.717) is 0 Å². The molecule has 20 heavy (non-hydrogen) atoms. The molecule has 1 atom stereocenters. The van der Waals surface area contributed by atoms with E-state index in [1.807, 2.05) is 0 Å². The molecule has 0 radical (unpaired) electrons. The minimum Gasteiger partial charge on any atom is -0.271 e. The normalized spacial score (nSPS) is 12.4. The smallest absolute Gasteiger partial charge is 0.0511 e. The van der Waals surface area contributed by atoms with Crippen molar-refractivity contribution < 1.29 is 0 Å². The number of aryl methyl sites for hydroxylation is 3. The average molecular weight is 333 g/mol. The Morgan fingerprint density at radius 3 is 2.45 bits per heavy atom. The van der Waals surface area contributed by atoms with Gasteiger partial charge >= 0.3 is 0 Å². The molecule has 1 unspecified atom stereocenters. The van der Waals surface area contributed by atoms with Crippen LogP contribution in [-0.4, -0.2) is 0 Å². The van der Waals surface area contributed by atoms with Crippen LogP contribution in [-0.2, 0) is 6.42 Å². The standard InChI is InChI=1S/C17H21BrN2/c1-11-4-7-16(18)15(8-11)17(20-19)10-14-6-5-12(2)13(3)9-14/h4-9,17,20H,10,19H2,1-3H3. The maximum Gasteiger partial charge on any atom is 0.0511 e. The molecule has 0 aliphatic carbocycles. The lowest BCUT2D eigenvalue weighted by atomic mass is 9.96. The fourth-order valence-corrected chi connectivity index (χ4v) is 2.88. The van der Waals surface area contributed by atoms with Crippen molar-refractivity contribution in [3.63, 3.8) is 0 Å². The zero-order chi connectivity index (χ0) is 14.7. The fourth-order valence-electron chi connectivity index (χ4n) is 2.36. The van der Waals surface area contributed by atoms with Gasteiger partial charge in [0.05, 0.1) is 6.04 Å². The van der Waals surface area contributed by atoms with Crippen molar-refractivity contribution in [2.24, 2.45) is 5.84 Å². The van der Waals surface area contributed by atoms with E-state index >= 15 is 0 Å². The number of rotatable bonds is 4. The third-order valence-corrected chi connectivity index (χ3v) is 4.46. The lowest BCUT2D eigenvalue weighted by Crippen LogP contribution is -2.30. The van der Waals surface area contributed by atoms with Crippen molar-refractivity contribution >= 4 is 15.9 Å². The first-order valence-corrected chi connectivity index (χ1v) is 7.59. The largest absolute Gasteiger partial charge is 0.271 e. The van der Waals surface area contributed by atoms with E-state index < -0.39 is 0 Å².